The third kappa shape index (κ3) is 1.89. The zero-order valence-corrected chi connectivity index (χ0v) is 5.68. The molecule has 0 N–H and O–H groups in total. The van der Waals surface area contributed by atoms with Crippen LogP contribution < -0.4 is 4.18 Å². The van der Waals surface area contributed by atoms with E-state index in [-0.39, 0.29) is 0 Å². The summed E-state index contributed by atoms with van der Waals surface area (Å²) in [7, 11) is 0. The van der Waals surface area contributed by atoms with Crippen molar-refractivity contribution < 1.29 is 4.18 Å². The molecule has 0 amide bonds. The van der Waals surface area contributed by atoms with Gasteiger partial charge in [0.2, 0.25) is 0 Å². The van der Waals surface area contributed by atoms with Crippen LogP contribution in [0.1, 0.15) is 0 Å². The SMILES string of the molecule is CSOc1cn[c]nc1. The Balaban J connectivity index is 2.61. The molecule has 4 heteroatoms. The summed E-state index contributed by atoms with van der Waals surface area (Å²) in [4.78, 5) is 7.26. The van der Waals surface area contributed by atoms with E-state index in [1.54, 1.807) is 12.4 Å². The van der Waals surface area contributed by atoms with E-state index in [4.69, 9.17) is 4.18 Å². The van der Waals surface area contributed by atoms with Gasteiger partial charge in [-0.1, -0.05) is 0 Å². The minimum Gasteiger partial charge on any atom is -0.423 e. The molecule has 0 saturated heterocycles. The van der Waals surface area contributed by atoms with Gasteiger partial charge < -0.3 is 4.18 Å². The summed E-state index contributed by atoms with van der Waals surface area (Å²) < 4.78 is 4.98. The van der Waals surface area contributed by atoms with Crippen LogP contribution in [0.15, 0.2) is 12.4 Å². The molecule has 9 heavy (non-hydrogen) atoms. The second-order valence-corrected chi connectivity index (χ2v) is 1.77. The molecule has 0 aromatic carbocycles. The molecule has 3 nitrogen and oxygen atoms in total. The summed E-state index contributed by atoms with van der Waals surface area (Å²) in [6, 6.07) is 0. The van der Waals surface area contributed by atoms with Crippen LogP contribution in [0, 0.1) is 6.33 Å². The van der Waals surface area contributed by atoms with Crippen molar-refractivity contribution in [3.63, 3.8) is 0 Å². The lowest BCUT2D eigenvalue weighted by Gasteiger charge is -1.94. The average molecular weight is 141 g/mol. The Bertz CT molecular complexity index is 168. The van der Waals surface area contributed by atoms with Crippen LogP contribution >= 0.6 is 12.0 Å². The maximum Gasteiger partial charge on any atom is 0.197 e. The van der Waals surface area contributed by atoms with E-state index in [1.807, 2.05) is 6.26 Å². The van der Waals surface area contributed by atoms with Crippen molar-refractivity contribution in [3.05, 3.63) is 18.7 Å². The third-order valence-corrected chi connectivity index (χ3v) is 1.04. The number of hydrogen-bond donors (Lipinski definition) is 0. The summed E-state index contributed by atoms with van der Waals surface area (Å²) in [5.74, 6) is 0.654. The Labute approximate surface area is 57.7 Å². The van der Waals surface area contributed by atoms with Gasteiger partial charge in [-0.05, 0) is 0 Å². The molecule has 1 aromatic heterocycles. The van der Waals surface area contributed by atoms with Gasteiger partial charge in [-0.25, -0.2) is 9.97 Å². The largest absolute Gasteiger partial charge is 0.423 e. The topological polar surface area (TPSA) is 35.0 Å². The van der Waals surface area contributed by atoms with Gasteiger partial charge in [0.1, 0.15) is 0 Å². The van der Waals surface area contributed by atoms with E-state index in [2.05, 4.69) is 16.3 Å². The highest BCUT2D eigenvalue weighted by molar-refractivity contribution is 7.94. The molecule has 0 atom stereocenters. The molecule has 0 fully saturated rings. The van der Waals surface area contributed by atoms with Crippen LogP contribution in [0.3, 0.4) is 0 Å². The molecule has 1 radical (unpaired) electrons. The Morgan fingerprint density at radius 3 is 2.78 bits per heavy atom. The zero-order chi connectivity index (χ0) is 6.53. The fraction of sp³-hybridized carbons (Fsp3) is 0.200. The number of hydrogen-bond acceptors (Lipinski definition) is 4. The summed E-state index contributed by atoms with van der Waals surface area (Å²) in [6.07, 6.45) is 7.35. The molecule has 0 spiro atoms. The Morgan fingerprint density at radius 1 is 1.56 bits per heavy atom. The predicted octanol–water partition coefficient (Wildman–Crippen LogP) is 0.934. The molecule has 0 bridgehead atoms. The minimum absolute atomic E-state index is 0.654. The maximum atomic E-state index is 4.98. The molecule has 47 valence electrons. The Hall–Kier alpha value is -0.770. The lowest BCUT2D eigenvalue weighted by molar-refractivity contribution is 0.639. The second-order valence-electron chi connectivity index (χ2n) is 1.27. The standard InChI is InChI=1S/C5H5N2OS/c1-9-8-5-2-6-4-7-3-5/h2-3H,1H3. The minimum atomic E-state index is 0.654. The van der Waals surface area contributed by atoms with Crippen LogP contribution in [-0.4, -0.2) is 16.2 Å². The molecular formula is C5H5N2OS. The van der Waals surface area contributed by atoms with Gasteiger partial charge in [0.25, 0.3) is 0 Å². The fourth-order valence-corrected chi connectivity index (χ4v) is 0.669. The van der Waals surface area contributed by atoms with Crippen LogP contribution in [0.25, 0.3) is 0 Å². The van der Waals surface area contributed by atoms with E-state index in [0.29, 0.717) is 5.75 Å². The van der Waals surface area contributed by atoms with Crippen LogP contribution in [0.2, 0.25) is 0 Å². The molecular weight excluding hydrogens is 136 g/mol. The zero-order valence-electron chi connectivity index (χ0n) is 4.87. The van der Waals surface area contributed by atoms with Gasteiger partial charge in [-0.2, -0.15) is 0 Å². The lowest BCUT2D eigenvalue weighted by Crippen LogP contribution is -1.81. The fourth-order valence-electron chi connectivity index (χ4n) is 0.391. The van der Waals surface area contributed by atoms with Gasteiger partial charge in [-0.15, -0.1) is 0 Å². The van der Waals surface area contributed by atoms with Crippen molar-refractivity contribution in [3.8, 4) is 5.75 Å². The number of nitrogens with zero attached hydrogens (tertiary/aromatic N) is 2. The highest BCUT2D eigenvalue weighted by atomic mass is 32.2. The van der Waals surface area contributed by atoms with E-state index in [1.165, 1.54) is 12.0 Å². The van der Waals surface area contributed by atoms with Crippen molar-refractivity contribution in [2.45, 2.75) is 0 Å². The van der Waals surface area contributed by atoms with Crippen molar-refractivity contribution in [1.29, 1.82) is 0 Å². The molecule has 0 aliphatic heterocycles. The third-order valence-electron chi connectivity index (χ3n) is 0.679. The molecule has 0 unspecified atom stereocenters. The first-order chi connectivity index (χ1) is 4.43. The van der Waals surface area contributed by atoms with Gasteiger partial charge >= 0.3 is 0 Å². The molecule has 1 aromatic rings. The normalized spacial score (nSPS) is 9.00. The monoisotopic (exact) mass is 141 g/mol. The Kier molecular flexibility index (Phi) is 2.32. The summed E-state index contributed by atoms with van der Waals surface area (Å²) in [5, 5.41) is 0. The predicted molar refractivity (Wildman–Crippen MR) is 35.0 cm³/mol. The van der Waals surface area contributed by atoms with Crippen LogP contribution in [-0.2, 0) is 0 Å². The second kappa shape index (κ2) is 3.29. The highest BCUT2D eigenvalue weighted by Gasteiger charge is 1.88. The van der Waals surface area contributed by atoms with Crippen LogP contribution in [0.4, 0.5) is 0 Å². The quantitative estimate of drug-likeness (QED) is 0.574. The summed E-state index contributed by atoms with van der Waals surface area (Å²) in [5.41, 5.74) is 0. The molecule has 0 aliphatic carbocycles. The number of rotatable bonds is 2. The van der Waals surface area contributed by atoms with Gasteiger partial charge in [0.05, 0.1) is 24.4 Å². The smallest absolute Gasteiger partial charge is 0.197 e. The van der Waals surface area contributed by atoms with Crippen LogP contribution in [0.5, 0.6) is 5.75 Å². The van der Waals surface area contributed by atoms with Crippen molar-refractivity contribution >= 4 is 12.0 Å². The van der Waals surface area contributed by atoms with E-state index in [9.17, 15) is 0 Å². The van der Waals surface area contributed by atoms with E-state index >= 15 is 0 Å². The number of aromatic nitrogens is 2. The Morgan fingerprint density at radius 2 is 2.22 bits per heavy atom. The highest BCUT2D eigenvalue weighted by Crippen LogP contribution is 2.08. The molecule has 1 rings (SSSR count). The van der Waals surface area contributed by atoms with Crippen molar-refractivity contribution in [2.24, 2.45) is 0 Å². The average Bonchev–Trinajstić information content (AvgIpc) is 1.91. The van der Waals surface area contributed by atoms with Gasteiger partial charge in [0, 0.05) is 6.26 Å². The first-order valence-corrected chi connectivity index (χ1v) is 3.47. The van der Waals surface area contributed by atoms with Crippen molar-refractivity contribution in [2.75, 3.05) is 6.26 Å². The summed E-state index contributed by atoms with van der Waals surface area (Å²) >= 11 is 1.26. The van der Waals surface area contributed by atoms with Gasteiger partial charge in [-0.3, -0.25) is 0 Å². The maximum absolute atomic E-state index is 4.98. The van der Waals surface area contributed by atoms with E-state index < -0.39 is 0 Å². The lowest BCUT2D eigenvalue weighted by atomic mass is 10.6. The molecule has 0 aliphatic rings. The van der Waals surface area contributed by atoms with Gasteiger partial charge in [0.15, 0.2) is 12.1 Å². The first kappa shape index (κ1) is 6.35. The first-order valence-electron chi connectivity index (χ1n) is 2.32. The molecule has 1 heterocycles. The van der Waals surface area contributed by atoms with E-state index in [0.717, 1.165) is 0 Å². The van der Waals surface area contributed by atoms with Crippen molar-refractivity contribution in [1.82, 2.24) is 9.97 Å². The summed E-state index contributed by atoms with van der Waals surface area (Å²) in [6.45, 7) is 0. The molecule has 0 saturated carbocycles.